The summed E-state index contributed by atoms with van der Waals surface area (Å²) >= 11 is 0. The molecule has 1 saturated heterocycles. The predicted molar refractivity (Wildman–Crippen MR) is 77.5 cm³/mol. The third kappa shape index (κ3) is 3.34. The first kappa shape index (κ1) is 14.5. The van der Waals surface area contributed by atoms with Gasteiger partial charge in [0.15, 0.2) is 0 Å². The molecule has 2 rings (SSSR count). The number of hydrogen-bond acceptors (Lipinski definition) is 2. The molecule has 0 radical (unpaired) electrons. The van der Waals surface area contributed by atoms with E-state index in [1.54, 1.807) is 6.07 Å². The highest BCUT2D eigenvalue weighted by molar-refractivity contribution is 5.27. The van der Waals surface area contributed by atoms with E-state index < -0.39 is 0 Å². The molecule has 1 heterocycles. The van der Waals surface area contributed by atoms with Crippen LogP contribution in [0.1, 0.15) is 43.4 Å². The lowest BCUT2D eigenvalue weighted by atomic mass is 9.92. The summed E-state index contributed by atoms with van der Waals surface area (Å²) in [6.45, 7) is 6.81. The molecule has 0 spiro atoms. The smallest absolute Gasteiger partial charge is 0.128 e. The lowest BCUT2D eigenvalue weighted by Gasteiger charge is -2.37. The molecule has 1 aliphatic rings. The highest BCUT2D eigenvalue weighted by Crippen LogP contribution is 2.29. The Labute approximate surface area is 115 Å². The SMILES string of the molecule is CCC1CCN(C(CN)c2cc(C)ccc2F)CC1. The van der Waals surface area contributed by atoms with Gasteiger partial charge in [0.2, 0.25) is 0 Å². The molecule has 1 fully saturated rings. The fraction of sp³-hybridized carbons (Fsp3) is 0.625. The third-order valence-electron chi connectivity index (χ3n) is 4.40. The summed E-state index contributed by atoms with van der Waals surface area (Å²) in [4.78, 5) is 2.35. The summed E-state index contributed by atoms with van der Waals surface area (Å²) in [5.74, 6) is 0.704. The molecular formula is C16H25FN2. The fourth-order valence-electron chi connectivity index (χ4n) is 3.06. The zero-order valence-electron chi connectivity index (χ0n) is 12.0. The van der Waals surface area contributed by atoms with Gasteiger partial charge in [-0.2, -0.15) is 0 Å². The first-order chi connectivity index (χ1) is 9.15. The summed E-state index contributed by atoms with van der Waals surface area (Å²) in [5.41, 5.74) is 7.77. The molecule has 0 amide bonds. The molecule has 0 aliphatic carbocycles. The molecule has 3 heteroatoms. The Morgan fingerprint density at radius 2 is 2.05 bits per heavy atom. The largest absolute Gasteiger partial charge is 0.329 e. The van der Waals surface area contributed by atoms with Crippen LogP contribution in [0.2, 0.25) is 0 Å². The van der Waals surface area contributed by atoms with Crippen molar-refractivity contribution in [2.24, 2.45) is 11.7 Å². The monoisotopic (exact) mass is 264 g/mol. The molecule has 1 unspecified atom stereocenters. The van der Waals surface area contributed by atoms with Gasteiger partial charge in [0, 0.05) is 18.2 Å². The van der Waals surface area contributed by atoms with Crippen LogP contribution < -0.4 is 5.73 Å². The minimum Gasteiger partial charge on any atom is -0.329 e. The molecule has 0 aromatic heterocycles. The van der Waals surface area contributed by atoms with E-state index in [0.717, 1.165) is 30.1 Å². The molecule has 1 aliphatic heterocycles. The molecule has 1 atom stereocenters. The van der Waals surface area contributed by atoms with Gasteiger partial charge >= 0.3 is 0 Å². The quantitative estimate of drug-likeness (QED) is 0.904. The van der Waals surface area contributed by atoms with Crippen LogP contribution in [0.5, 0.6) is 0 Å². The summed E-state index contributed by atoms with van der Waals surface area (Å²) < 4.78 is 14.0. The first-order valence-electron chi connectivity index (χ1n) is 7.35. The Balaban J connectivity index is 2.14. The van der Waals surface area contributed by atoms with Crippen LogP contribution in [-0.2, 0) is 0 Å². The number of hydrogen-bond donors (Lipinski definition) is 1. The number of rotatable bonds is 4. The number of nitrogens with zero attached hydrogens (tertiary/aromatic N) is 1. The molecule has 0 saturated carbocycles. The van der Waals surface area contributed by atoms with Crippen LogP contribution in [0.25, 0.3) is 0 Å². The van der Waals surface area contributed by atoms with Crippen molar-refractivity contribution in [1.29, 1.82) is 0 Å². The Bertz CT molecular complexity index is 411. The normalized spacial score (nSPS) is 19.6. The Kier molecular flexibility index (Phi) is 4.94. The van der Waals surface area contributed by atoms with Crippen LogP contribution in [0, 0.1) is 18.7 Å². The van der Waals surface area contributed by atoms with Crippen LogP contribution in [0.4, 0.5) is 4.39 Å². The maximum absolute atomic E-state index is 14.0. The van der Waals surface area contributed by atoms with Crippen LogP contribution >= 0.6 is 0 Å². The lowest BCUT2D eigenvalue weighted by molar-refractivity contribution is 0.132. The topological polar surface area (TPSA) is 29.3 Å². The van der Waals surface area contributed by atoms with E-state index >= 15 is 0 Å². The van der Waals surface area contributed by atoms with Crippen molar-refractivity contribution in [3.05, 3.63) is 35.1 Å². The number of nitrogens with two attached hydrogens (primary N) is 1. The Hall–Kier alpha value is -0.930. The van der Waals surface area contributed by atoms with E-state index in [1.807, 2.05) is 19.1 Å². The number of benzene rings is 1. The first-order valence-corrected chi connectivity index (χ1v) is 7.35. The van der Waals surface area contributed by atoms with E-state index in [9.17, 15) is 4.39 Å². The van der Waals surface area contributed by atoms with Crippen LogP contribution in [0.3, 0.4) is 0 Å². The average molecular weight is 264 g/mol. The number of aryl methyl sites for hydroxylation is 1. The molecule has 19 heavy (non-hydrogen) atoms. The maximum atomic E-state index is 14.0. The van der Waals surface area contributed by atoms with Crippen molar-refractivity contribution in [2.75, 3.05) is 19.6 Å². The summed E-state index contributed by atoms with van der Waals surface area (Å²) in [7, 11) is 0. The van der Waals surface area contributed by atoms with E-state index in [0.29, 0.717) is 6.54 Å². The van der Waals surface area contributed by atoms with Crippen LogP contribution in [-0.4, -0.2) is 24.5 Å². The third-order valence-corrected chi connectivity index (χ3v) is 4.40. The molecule has 1 aromatic rings. The second-order valence-electron chi connectivity index (χ2n) is 5.66. The highest BCUT2D eigenvalue weighted by atomic mass is 19.1. The van der Waals surface area contributed by atoms with Gasteiger partial charge in [-0.3, -0.25) is 4.90 Å². The summed E-state index contributed by atoms with van der Waals surface area (Å²) in [6.07, 6.45) is 3.67. The van der Waals surface area contributed by atoms with Gasteiger partial charge in [0.1, 0.15) is 5.82 Å². The van der Waals surface area contributed by atoms with Gasteiger partial charge in [-0.1, -0.05) is 31.0 Å². The minimum absolute atomic E-state index is 0.0257. The van der Waals surface area contributed by atoms with E-state index in [-0.39, 0.29) is 11.9 Å². The molecule has 0 bridgehead atoms. The highest BCUT2D eigenvalue weighted by Gasteiger charge is 2.26. The second-order valence-corrected chi connectivity index (χ2v) is 5.66. The summed E-state index contributed by atoms with van der Waals surface area (Å²) in [5, 5.41) is 0. The molecule has 106 valence electrons. The van der Waals surface area contributed by atoms with Gasteiger partial charge < -0.3 is 5.73 Å². The zero-order chi connectivity index (χ0) is 13.8. The van der Waals surface area contributed by atoms with Crippen LogP contribution in [0.15, 0.2) is 18.2 Å². The fourth-order valence-corrected chi connectivity index (χ4v) is 3.06. The van der Waals surface area contributed by atoms with E-state index in [2.05, 4.69) is 11.8 Å². The van der Waals surface area contributed by atoms with Gasteiger partial charge in [0.25, 0.3) is 0 Å². The van der Waals surface area contributed by atoms with Gasteiger partial charge in [-0.25, -0.2) is 4.39 Å². The molecule has 1 aromatic carbocycles. The van der Waals surface area contributed by atoms with Crippen molar-refractivity contribution in [1.82, 2.24) is 4.90 Å². The van der Waals surface area contributed by atoms with Crippen molar-refractivity contribution in [3.8, 4) is 0 Å². The van der Waals surface area contributed by atoms with Crippen molar-refractivity contribution < 1.29 is 4.39 Å². The average Bonchev–Trinajstić information content (AvgIpc) is 2.44. The predicted octanol–water partition coefficient (Wildman–Crippen LogP) is 3.26. The Morgan fingerprint density at radius 3 is 2.63 bits per heavy atom. The maximum Gasteiger partial charge on any atom is 0.128 e. The Morgan fingerprint density at radius 1 is 1.37 bits per heavy atom. The van der Waals surface area contributed by atoms with E-state index in [4.69, 9.17) is 5.73 Å². The standard InChI is InChI=1S/C16H25FN2/c1-3-13-6-8-19(9-7-13)16(11-18)14-10-12(2)4-5-15(14)17/h4-5,10,13,16H,3,6-9,11,18H2,1-2H3. The van der Waals surface area contributed by atoms with Gasteiger partial charge in [-0.15, -0.1) is 0 Å². The zero-order valence-corrected chi connectivity index (χ0v) is 12.0. The molecule has 2 N–H and O–H groups in total. The van der Waals surface area contributed by atoms with Gasteiger partial charge in [-0.05, 0) is 44.8 Å². The van der Waals surface area contributed by atoms with Gasteiger partial charge in [0.05, 0.1) is 0 Å². The van der Waals surface area contributed by atoms with E-state index in [1.165, 1.54) is 19.3 Å². The molecular weight excluding hydrogens is 239 g/mol. The molecule has 2 nitrogen and oxygen atoms in total. The lowest BCUT2D eigenvalue weighted by Crippen LogP contribution is -2.40. The number of likely N-dealkylation sites (tertiary alicyclic amines) is 1. The summed E-state index contributed by atoms with van der Waals surface area (Å²) in [6, 6.07) is 5.35. The van der Waals surface area contributed by atoms with Crippen molar-refractivity contribution in [3.63, 3.8) is 0 Å². The number of piperidine rings is 1. The minimum atomic E-state index is -0.126. The van der Waals surface area contributed by atoms with Crippen molar-refractivity contribution >= 4 is 0 Å². The number of halogens is 1. The second kappa shape index (κ2) is 6.49. The van der Waals surface area contributed by atoms with Crippen molar-refractivity contribution in [2.45, 2.75) is 39.2 Å².